The van der Waals surface area contributed by atoms with E-state index in [0.29, 0.717) is 11.6 Å². The Morgan fingerprint density at radius 3 is 2.58 bits per heavy atom. The molecular formula is C20H22ClN3O2. The number of fused-ring (bicyclic) bond motifs is 1. The molecule has 0 bridgehead atoms. The summed E-state index contributed by atoms with van der Waals surface area (Å²) in [5, 5.41) is 0.0534. The number of nitrogens with one attached hydrogen (secondary N) is 1. The summed E-state index contributed by atoms with van der Waals surface area (Å²) in [4.78, 5) is 30.9. The first kappa shape index (κ1) is 17.3. The maximum Gasteiger partial charge on any atom is 0.266 e. The summed E-state index contributed by atoms with van der Waals surface area (Å²) in [6, 6.07) is 10.6. The van der Waals surface area contributed by atoms with Gasteiger partial charge >= 0.3 is 0 Å². The number of rotatable bonds is 2. The maximum atomic E-state index is 12.6. The summed E-state index contributed by atoms with van der Waals surface area (Å²) < 4.78 is 0. The Kier molecular flexibility index (Phi) is 4.83. The quantitative estimate of drug-likeness (QED) is 0.883. The van der Waals surface area contributed by atoms with E-state index in [1.165, 1.54) is 23.4 Å². The summed E-state index contributed by atoms with van der Waals surface area (Å²) in [5.41, 5.74) is 2.97. The van der Waals surface area contributed by atoms with E-state index in [0.717, 1.165) is 45.4 Å². The summed E-state index contributed by atoms with van der Waals surface area (Å²) in [7, 11) is 0. The first-order chi connectivity index (χ1) is 12.6. The molecule has 26 heavy (non-hydrogen) atoms. The van der Waals surface area contributed by atoms with Gasteiger partial charge in [0.05, 0.1) is 5.56 Å². The van der Waals surface area contributed by atoms with Gasteiger partial charge in [-0.05, 0) is 36.5 Å². The summed E-state index contributed by atoms with van der Waals surface area (Å²) in [6.07, 6.45) is 4.51. The van der Waals surface area contributed by atoms with E-state index < -0.39 is 0 Å². The molecule has 6 heteroatoms. The van der Waals surface area contributed by atoms with E-state index in [9.17, 15) is 9.59 Å². The Balaban J connectivity index is 1.38. The lowest BCUT2D eigenvalue weighted by atomic mass is 9.95. The fourth-order valence-corrected chi connectivity index (χ4v) is 4.20. The number of benzene rings is 1. The molecule has 1 aromatic carbocycles. The van der Waals surface area contributed by atoms with Crippen molar-refractivity contribution in [2.75, 3.05) is 19.6 Å². The van der Waals surface area contributed by atoms with Crippen LogP contribution < -0.4 is 5.56 Å². The standard InChI is InChI=1S/C20H22ClN3O2/c21-18-11-16(12-22-19(18)25)20(26)23-9-6-17(7-10-23)24-8-5-14-3-1-2-4-15(14)13-24/h1-4,11-12,17H,5-10,13H2,(H,22,25). The molecule has 0 saturated carbocycles. The Morgan fingerprint density at radius 1 is 1.12 bits per heavy atom. The minimum Gasteiger partial charge on any atom is -0.338 e. The second-order valence-corrected chi connectivity index (χ2v) is 7.49. The van der Waals surface area contributed by atoms with Gasteiger partial charge < -0.3 is 9.88 Å². The molecular weight excluding hydrogens is 350 g/mol. The van der Waals surface area contributed by atoms with E-state index in [1.54, 1.807) is 0 Å². The average Bonchev–Trinajstić information content (AvgIpc) is 2.69. The molecule has 5 nitrogen and oxygen atoms in total. The molecule has 0 spiro atoms. The van der Waals surface area contributed by atoms with E-state index in [4.69, 9.17) is 11.6 Å². The van der Waals surface area contributed by atoms with Gasteiger partial charge in [0.15, 0.2) is 0 Å². The molecule has 2 aliphatic rings. The molecule has 0 atom stereocenters. The molecule has 0 radical (unpaired) electrons. The van der Waals surface area contributed by atoms with Crippen LogP contribution in [-0.2, 0) is 13.0 Å². The van der Waals surface area contributed by atoms with Crippen LogP contribution in [0, 0.1) is 0 Å². The summed E-state index contributed by atoms with van der Waals surface area (Å²) >= 11 is 5.84. The molecule has 1 aromatic heterocycles. The zero-order valence-electron chi connectivity index (χ0n) is 14.6. The molecule has 1 N–H and O–H groups in total. The largest absolute Gasteiger partial charge is 0.338 e. The molecule has 1 fully saturated rings. The van der Waals surface area contributed by atoms with Crippen molar-refractivity contribution in [2.45, 2.75) is 31.8 Å². The first-order valence-corrected chi connectivity index (χ1v) is 9.48. The van der Waals surface area contributed by atoms with Crippen LogP contribution in [0.3, 0.4) is 0 Å². The van der Waals surface area contributed by atoms with E-state index >= 15 is 0 Å². The number of carbonyl (C=O) groups is 1. The van der Waals surface area contributed by atoms with E-state index in [2.05, 4.69) is 34.1 Å². The van der Waals surface area contributed by atoms with Gasteiger partial charge in [0.2, 0.25) is 0 Å². The van der Waals surface area contributed by atoms with Crippen molar-refractivity contribution in [3.63, 3.8) is 0 Å². The molecule has 1 saturated heterocycles. The summed E-state index contributed by atoms with van der Waals surface area (Å²) in [5.74, 6) is -0.0643. The third kappa shape index (κ3) is 3.41. The molecule has 0 aliphatic carbocycles. The van der Waals surface area contributed by atoms with Crippen molar-refractivity contribution in [2.24, 2.45) is 0 Å². The molecule has 3 heterocycles. The third-order valence-corrected chi connectivity index (χ3v) is 5.81. The van der Waals surface area contributed by atoms with Gasteiger partial charge in [0.25, 0.3) is 11.5 Å². The number of H-pyrrole nitrogens is 1. The van der Waals surface area contributed by atoms with Crippen molar-refractivity contribution in [3.05, 3.63) is 68.6 Å². The predicted molar refractivity (Wildman–Crippen MR) is 102 cm³/mol. The lowest BCUT2D eigenvalue weighted by Gasteiger charge is -2.40. The van der Waals surface area contributed by atoms with Crippen molar-refractivity contribution in [1.82, 2.24) is 14.8 Å². The van der Waals surface area contributed by atoms with Gasteiger partial charge in [0.1, 0.15) is 5.02 Å². The minimum absolute atomic E-state index is 0.0534. The zero-order chi connectivity index (χ0) is 18.1. The highest BCUT2D eigenvalue weighted by atomic mass is 35.5. The van der Waals surface area contributed by atoms with Crippen LogP contribution in [0.4, 0.5) is 0 Å². The Bertz CT molecular complexity index is 871. The normalized spacial score (nSPS) is 18.6. The molecule has 136 valence electrons. The van der Waals surface area contributed by atoms with Crippen molar-refractivity contribution in [3.8, 4) is 0 Å². The van der Waals surface area contributed by atoms with Crippen LogP contribution in [0.5, 0.6) is 0 Å². The summed E-state index contributed by atoms with van der Waals surface area (Å²) in [6.45, 7) is 3.56. The van der Waals surface area contributed by atoms with Crippen LogP contribution in [0.25, 0.3) is 0 Å². The first-order valence-electron chi connectivity index (χ1n) is 9.10. The molecule has 0 unspecified atom stereocenters. The maximum absolute atomic E-state index is 12.6. The van der Waals surface area contributed by atoms with Crippen LogP contribution in [0.2, 0.25) is 5.02 Å². The Hall–Kier alpha value is -2.11. The van der Waals surface area contributed by atoms with Crippen molar-refractivity contribution >= 4 is 17.5 Å². The third-order valence-electron chi connectivity index (χ3n) is 5.53. The van der Waals surface area contributed by atoms with Crippen molar-refractivity contribution < 1.29 is 4.79 Å². The van der Waals surface area contributed by atoms with Crippen LogP contribution in [0.15, 0.2) is 41.3 Å². The van der Waals surface area contributed by atoms with Crippen LogP contribution in [-0.4, -0.2) is 46.4 Å². The fraction of sp³-hybridized carbons (Fsp3) is 0.400. The highest BCUT2D eigenvalue weighted by Crippen LogP contribution is 2.25. The molecule has 2 aromatic rings. The van der Waals surface area contributed by atoms with Crippen molar-refractivity contribution in [1.29, 1.82) is 0 Å². The van der Waals surface area contributed by atoms with Gasteiger partial charge in [-0.15, -0.1) is 0 Å². The number of hydrogen-bond acceptors (Lipinski definition) is 3. The lowest BCUT2D eigenvalue weighted by Crippen LogP contribution is -2.48. The predicted octanol–water partition coefficient (Wildman–Crippen LogP) is 2.69. The molecule has 1 amide bonds. The van der Waals surface area contributed by atoms with Gasteiger partial charge in [0, 0.05) is 38.4 Å². The van der Waals surface area contributed by atoms with Crippen LogP contribution >= 0.6 is 11.6 Å². The smallest absolute Gasteiger partial charge is 0.266 e. The number of nitrogens with zero attached hydrogens (tertiary/aromatic N) is 2. The van der Waals surface area contributed by atoms with Crippen LogP contribution in [0.1, 0.15) is 34.3 Å². The topological polar surface area (TPSA) is 56.4 Å². The number of carbonyl (C=O) groups excluding carboxylic acids is 1. The number of aromatic nitrogens is 1. The second kappa shape index (κ2) is 7.25. The number of piperidine rings is 1. The molecule has 4 rings (SSSR count). The second-order valence-electron chi connectivity index (χ2n) is 7.08. The SMILES string of the molecule is O=C(c1c[nH]c(=O)c(Cl)c1)N1CCC(N2CCc3ccccc3C2)CC1. The monoisotopic (exact) mass is 371 g/mol. The number of aromatic amines is 1. The number of amides is 1. The Morgan fingerprint density at radius 2 is 1.85 bits per heavy atom. The van der Waals surface area contributed by atoms with Gasteiger partial charge in [-0.1, -0.05) is 35.9 Å². The number of halogens is 1. The number of pyridine rings is 1. The number of likely N-dealkylation sites (tertiary alicyclic amines) is 1. The minimum atomic E-state index is -0.368. The highest BCUT2D eigenvalue weighted by Gasteiger charge is 2.29. The zero-order valence-corrected chi connectivity index (χ0v) is 15.3. The van der Waals surface area contributed by atoms with E-state index in [1.807, 2.05) is 4.90 Å². The highest BCUT2D eigenvalue weighted by molar-refractivity contribution is 6.30. The molecule has 2 aliphatic heterocycles. The number of hydrogen-bond donors (Lipinski definition) is 1. The average molecular weight is 372 g/mol. The Labute approximate surface area is 157 Å². The van der Waals surface area contributed by atoms with Gasteiger partial charge in [-0.25, -0.2) is 0 Å². The van der Waals surface area contributed by atoms with E-state index in [-0.39, 0.29) is 16.5 Å². The fourth-order valence-electron chi connectivity index (χ4n) is 4.03. The van der Waals surface area contributed by atoms with Gasteiger partial charge in [-0.3, -0.25) is 14.5 Å². The van der Waals surface area contributed by atoms with Gasteiger partial charge in [-0.2, -0.15) is 0 Å². The lowest BCUT2D eigenvalue weighted by molar-refractivity contribution is 0.0599.